The van der Waals surface area contributed by atoms with Crippen molar-refractivity contribution in [2.24, 2.45) is 0 Å². The van der Waals surface area contributed by atoms with Crippen LogP contribution >= 0.6 is 0 Å². The fourth-order valence-electron chi connectivity index (χ4n) is 2.00. The first-order valence-electron chi connectivity index (χ1n) is 6.55. The van der Waals surface area contributed by atoms with Crippen molar-refractivity contribution in [1.29, 1.82) is 0 Å². The van der Waals surface area contributed by atoms with Crippen LogP contribution in [0.3, 0.4) is 0 Å². The molecule has 0 N–H and O–H groups in total. The number of rotatable bonds is 9. The molecule has 0 spiro atoms. The van der Waals surface area contributed by atoms with Crippen molar-refractivity contribution in [3.63, 3.8) is 0 Å². The first-order valence-corrected chi connectivity index (χ1v) is 6.55. The summed E-state index contributed by atoms with van der Waals surface area (Å²) in [4.78, 5) is 0. The molecule has 0 aliphatic rings. The Morgan fingerprint density at radius 1 is 0.857 bits per heavy atom. The quantitative estimate of drug-likeness (QED) is 0.355. The molecule has 0 aliphatic heterocycles. The lowest BCUT2D eigenvalue weighted by Crippen LogP contribution is -2.07. The molecule has 1 radical (unpaired) electrons. The Hall–Kier alpha value is 0.0649. The third-order valence-corrected chi connectivity index (χ3v) is 2.76. The summed E-state index contributed by atoms with van der Waals surface area (Å²) in [5.74, 6) is 1.65. The van der Waals surface area contributed by atoms with Crippen molar-refractivity contribution in [3.8, 4) is 0 Å². The second-order valence-electron chi connectivity index (χ2n) is 4.83. The van der Waals surface area contributed by atoms with Gasteiger partial charge in [0.1, 0.15) is 7.28 Å². The van der Waals surface area contributed by atoms with Gasteiger partial charge in [-0.2, -0.15) is 0 Å². The van der Waals surface area contributed by atoms with Crippen LogP contribution in [0, 0.1) is 0 Å². The Morgan fingerprint density at radius 2 is 1.43 bits per heavy atom. The van der Waals surface area contributed by atoms with Gasteiger partial charge in [-0.05, 0) is 0 Å². The summed E-state index contributed by atoms with van der Waals surface area (Å²) in [6.45, 7) is 9.18. The standard InChI is InChI=1S/C13H28B/c1-5-7-9-11-13(10-8-6-2)14-12(3)4/h12-13H,5-11H2,1-4H3. The van der Waals surface area contributed by atoms with Crippen molar-refractivity contribution in [3.05, 3.63) is 0 Å². The van der Waals surface area contributed by atoms with Crippen LogP contribution < -0.4 is 0 Å². The largest absolute Gasteiger partial charge is 0.117 e. The fourth-order valence-corrected chi connectivity index (χ4v) is 2.00. The third kappa shape index (κ3) is 8.65. The molecule has 0 nitrogen and oxygen atoms in total. The van der Waals surface area contributed by atoms with Gasteiger partial charge in [0, 0.05) is 0 Å². The Bertz CT molecular complexity index is 110. The molecule has 0 aliphatic carbocycles. The summed E-state index contributed by atoms with van der Waals surface area (Å²) in [6, 6.07) is 0. The van der Waals surface area contributed by atoms with Crippen LogP contribution in [0.4, 0.5) is 0 Å². The molecule has 0 amide bonds. The summed E-state index contributed by atoms with van der Waals surface area (Å²) < 4.78 is 0. The monoisotopic (exact) mass is 195 g/mol. The summed E-state index contributed by atoms with van der Waals surface area (Å²) in [6.07, 6.45) is 9.77. The molecule has 14 heavy (non-hydrogen) atoms. The highest BCUT2D eigenvalue weighted by Gasteiger charge is 2.11. The molecule has 1 unspecified atom stereocenters. The zero-order chi connectivity index (χ0) is 10.8. The molecule has 0 aromatic carbocycles. The van der Waals surface area contributed by atoms with Crippen LogP contribution in [0.2, 0.25) is 11.6 Å². The molecule has 0 saturated heterocycles. The molecule has 0 fully saturated rings. The molecule has 0 heterocycles. The van der Waals surface area contributed by atoms with E-state index in [1.165, 1.54) is 44.9 Å². The number of hydrogen-bond donors (Lipinski definition) is 0. The highest BCUT2D eigenvalue weighted by Crippen LogP contribution is 2.25. The minimum absolute atomic E-state index is 0.762. The van der Waals surface area contributed by atoms with E-state index in [1.807, 2.05) is 0 Å². The molecule has 0 saturated carbocycles. The van der Waals surface area contributed by atoms with Gasteiger partial charge in [0.15, 0.2) is 0 Å². The summed E-state index contributed by atoms with van der Waals surface area (Å²) in [7, 11) is 2.56. The fraction of sp³-hybridized carbons (Fsp3) is 1.00. The number of hydrogen-bond acceptors (Lipinski definition) is 0. The van der Waals surface area contributed by atoms with Crippen LogP contribution in [-0.4, -0.2) is 7.28 Å². The van der Waals surface area contributed by atoms with Crippen LogP contribution in [-0.2, 0) is 0 Å². The molecule has 0 rings (SSSR count). The maximum absolute atomic E-state index is 2.56. The van der Waals surface area contributed by atoms with Gasteiger partial charge in [-0.15, -0.1) is 0 Å². The number of unbranched alkanes of at least 4 members (excludes halogenated alkanes) is 3. The van der Waals surface area contributed by atoms with Crippen molar-refractivity contribution in [2.75, 3.05) is 0 Å². The lowest BCUT2D eigenvalue weighted by molar-refractivity contribution is 0.577. The molecule has 1 atom stereocenters. The molecule has 1 heteroatoms. The van der Waals surface area contributed by atoms with Crippen molar-refractivity contribution in [2.45, 2.75) is 84.3 Å². The highest BCUT2D eigenvalue weighted by atomic mass is 14.0. The average molecular weight is 195 g/mol. The zero-order valence-electron chi connectivity index (χ0n) is 10.7. The highest BCUT2D eigenvalue weighted by molar-refractivity contribution is 6.39. The normalized spacial score (nSPS) is 13.2. The molecular weight excluding hydrogens is 167 g/mol. The van der Waals surface area contributed by atoms with E-state index in [9.17, 15) is 0 Å². The smallest absolute Gasteiger partial charge is 0.0742 e. The second-order valence-corrected chi connectivity index (χ2v) is 4.83. The zero-order valence-corrected chi connectivity index (χ0v) is 10.7. The Labute approximate surface area is 92.1 Å². The van der Waals surface area contributed by atoms with Gasteiger partial charge in [-0.25, -0.2) is 0 Å². The van der Waals surface area contributed by atoms with E-state index in [2.05, 4.69) is 35.0 Å². The van der Waals surface area contributed by atoms with Crippen molar-refractivity contribution in [1.82, 2.24) is 0 Å². The summed E-state index contributed by atoms with van der Waals surface area (Å²) in [5, 5.41) is 0. The topological polar surface area (TPSA) is 0 Å². The van der Waals surface area contributed by atoms with E-state index in [0.29, 0.717) is 0 Å². The molecular formula is C13H28B. The van der Waals surface area contributed by atoms with Gasteiger partial charge in [-0.1, -0.05) is 84.3 Å². The predicted molar refractivity (Wildman–Crippen MR) is 68.3 cm³/mol. The van der Waals surface area contributed by atoms with Crippen LogP contribution in [0.5, 0.6) is 0 Å². The first-order chi connectivity index (χ1) is 6.70. The Morgan fingerprint density at radius 3 is 1.93 bits per heavy atom. The Balaban J connectivity index is 3.61. The lowest BCUT2D eigenvalue weighted by atomic mass is 9.53. The van der Waals surface area contributed by atoms with Gasteiger partial charge < -0.3 is 0 Å². The van der Waals surface area contributed by atoms with E-state index in [0.717, 1.165) is 11.6 Å². The van der Waals surface area contributed by atoms with Gasteiger partial charge in [-0.3, -0.25) is 0 Å². The maximum atomic E-state index is 2.56. The molecule has 0 aromatic rings. The van der Waals surface area contributed by atoms with Crippen molar-refractivity contribution < 1.29 is 0 Å². The van der Waals surface area contributed by atoms with Crippen LogP contribution in [0.15, 0.2) is 0 Å². The van der Waals surface area contributed by atoms with E-state index >= 15 is 0 Å². The van der Waals surface area contributed by atoms with E-state index < -0.39 is 0 Å². The van der Waals surface area contributed by atoms with Gasteiger partial charge >= 0.3 is 0 Å². The van der Waals surface area contributed by atoms with Crippen LogP contribution in [0.25, 0.3) is 0 Å². The maximum Gasteiger partial charge on any atom is 0.117 e. The minimum Gasteiger partial charge on any atom is -0.0742 e. The van der Waals surface area contributed by atoms with Gasteiger partial charge in [0.25, 0.3) is 0 Å². The van der Waals surface area contributed by atoms with Gasteiger partial charge in [0.05, 0.1) is 0 Å². The minimum atomic E-state index is 0.762. The van der Waals surface area contributed by atoms with E-state index in [1.54, 1.807) is 0 Å². The van der Waals surface area contributed by atoms with Crippen molar-refractivity contribution >= 4 is 7.28 Å². The Kier molecular flexibility index (Phi) is 9.66. The van der Waals surface area contributed by atoms with E-state index in [-0.39, 0.29) is 0 Å². The predicted octanol–water partition coefficient (Wildman–Crippen LogP) is 5.08. The average Bonchev–Trinajstić information content (AvgIpc) is 2.13. The summed E-state index contributed by atoms with van der Waals surface area (Å²) in [5.41, 5.74) is 0. The lowest BCUT2D eigenvalue weighted by Gasteiger charge is -2.17. The molecule has 0 aromatic heterocycles. The molecule has 0 bridgehead atoms. The van der Waals surface area contributed by atoms with Crippen LogP contribution in [0.1, 0.15) is 72.6 Å². The SMILES string of the molecule is CCCCCC([B]C(C)C)CCCC. The van der Waals surface area contributed by atoms with Gasteiger partial charge in [0.2, 0.25) is 0 Å². The summed E-state index contributed by atoms with van der Waals surface area (Å²) >= 11 is 0. The molecule has 83 valence electrons. The van der Waals surface area contributed by atoms with E-state index in [4.69, 9.17) is 0 Å². The first kappa shape index (κ1) is 14.1. The third-order valence-electron chi connectivity index (χ3n) is 2.76. The second kappa shape index (κ2) is 9.61.